The van der Waals surface area contributed by atoms with E-state index in [9.17, 15) is 4.79 Å². The molecule has 2 heterocycles. The van der Waals surface area contributed by atoms with Crippen LogP contribution >= 0.6 is 15.9 Å². The Labute approximate surface area is 130 Å². The lowest BCUT2D eigenvalue weighted by molar-refractivity contribution is 0.181. The maximum absolute atomic E-state index is 12.1. The van der Waals surface area contributed by atoms with Crippen LogP contribution in [0.4, 0.5) is 5.69 Å². The predicted octanol–water partition coefficient (Wildman–Crippen LogP) is 0.435. The van der Waals surface area contributed by atoms with E-state index < -0.39 is 0 Å². The van der Waals surface area contributed by atoms with Gasteiger partial charge in [0.2, 0.25) is 0 Å². The van der Waals surface area contributed by atoms with Gasteiger partial charge in [-0.2, -0.15) is 5.10 Å². The molecule has 0 aliphatic rings. The van der Waals surface area contributed by atoms with Crippen LogP contribution in [0, 0.1) is 0 Å². The summed E-state index contributed by atoms with van der Waals surface area (Å²) in [5.74, 6) is 0.875. The summed E-state index contributed by atoms with van der Waals surface area (Å²) < 4.78 is 8.63. The fraction of sp³-hybridized carbons (Fsp3) is 0.500. The quantitative estimate of drug-likeness (QED) is 0.774. The minimum Gasteiger partial charge on any atom is -0.383 e. The van der Waals surface area contributed by atoms with E-state index in [-0.39, 0.29) is 5.56 Å². The summed E-state index contributed by atoms with van der Waals surface area (Å²) in [5.41, 5.74) is 0.478. The number of methoxy groups -OCH3 is 1. The molecule has 0 saturated heterocycles. The number of anilines is 1. The zero-order valence-corrected chi connectivity index (χ0v) is 13.5. The predicted molar refractivity (Wildman–Crippen MR) is 81.3 cm³/mol. The summed E-state index contributed by atoms with van der Waals surface area (Å²) in [4.78, 5) is 12.1. The SMILES string of the molecule is COCCn1ncc(NCCc2nncn2C)c(Br)c1=O. The van der Waals surface area contributed by atoms with Crippen molar-refractivity contribution in [1.82, 2.24) is 24.5 Å². The summed E-state index contributed by atoms with van der Waals surface area (Å²) in [6, 6.07) is 0. The second-order valence-corrected chi connectivity index (χ2v) is 5.22. The number of hydrogen-bond donors (Lipinski definition) is 1. The molecular formula is C12H17BrN6O2. The molecule has 0 atom stereocenters. The van der Waals surface area contributed by atoms with E-state index >= 15 is 0 Å². The third-order valence-electron chi connectivity index (χ3n) is 2.96. The molecule has 2 rings (SSSR count). The Kier molecular flexibility index (Phi) is 5.45. The van der Waals surface area contributed by atoms with E-state index in [1.165, 1.54) is 4.68 Å². The summed E-state index contributed by atoms with van der Waals surface area (Å²) in [6.45, 7) is 1.50. The molecule has 0 spiro atoms. The maximum Gasteiger partial charge on any atom is 0.283 e. The van der Waals surface area contributed by atoms with Gasteiger partial charge in [-0.05, 0) is 15.9 Å². The van der Waals surface area contributed by atoms with Crippen LogP contribution in [-0.4, -0.2) is 44.8 Å². The van der Waals surface area contributed by atoms with Crippen LogP contribution in [0.5, 0.6) is 0 Å². The normalized spacial score (nSPS) is 10.8. The fourth-order valence-corrected chi connectivity index (χ4v) is 2.22. The Bertz CT molecular complexity index is 653. The van der Waals surface area contributed by atoms with Crippen LogP contribution in [0.2, 0.25) is 0 Å². The van der Waals surface area contributed by atoms with E-state index in [1.54, 1.807) is 19.6 Å². The summed E-state index contributed by atoms with van der Waals surface area (Å²) in [5, 5.41) is 15.1. The van der Waals surface area contributed by atoms with Gasteiger partial charge in [-0.3, -0.25) is 4.79 Å². The second-order valence-electron chi connectivity index (χ2n) is 4.43. The van der Waals surface area contributed by atoms with Crippen molar-refractivity contribution in [2.45, 2.75) is 13.0 Å². The van der Waals surface area contributed by atoms with Crippen molar-refractivity contribution in [2.24, 2.45) is 7.05 Å². The fourth-order valence-electron chi connectivity index (χ4n) is 1.77. The smallest absolute Gasteiger partial charge is 0.283 e. The van der Waals surface area contributed by atoms with E-state index in [0.717, 1.165) is 5.82 Å². The van der Waals surface area contributed by atoms with Crippen LogP contribution < -0.4 is 10.9 Å². The van der Waals surface area contributed by atoms with Gasteiger partial charge in [-0.25, -0.2) is 4.68 Å². The molecule has 0 fully saturated rings. The van der Waals surface area contributed by atoms with Gasteiger partial charge in [0.1, 0.15) is 16.6 Å². The number of nitrogens with one attached hydrogen (secondary N) is 1. The van der Waals surface area contributed by atoms with Crippen LogP contribution in [0.25, 0.3) is 0 Å². The van der Waals surface area contributed by atoms with Crippen molar-refractivity contribution in [1.29, 1.82) is 0 Å². The molecule has 0 aromatic carbocycles. The Morgan fingerprint density at radius 2 is 2.29 bits per heavy atom. The number of aromatic nitrogens is 5. The van der Waals surface area contributed by atoms with Crippen LogP contribution in [-0.2, 0) is 24.8 Å². The highest BCUT2D eigenvalue weighted by molar-refractivity contribution is 9.10. The largest absolute Gasteiger partial charge is 0.383 e. The van der Waals surface area contributed by atoms with E-state index in [0.29, 0.717) is 36.3 Å². The van der Waals surface area contributed by atoms with Crippen LogP contribution in [0.1, 0.15) is 5.82 Å². The highest BCUT2D eigenvalue weighted by Crippen LogP contribution is 2.15. The lowest BCUT2D eigenvalue weighted by Crippen LogP contribution is -2.26. The minimum atomic E-state index is -0.185. The number of halogens is 1. The Hall–Kier alpha value is -1.74. The van der Waals surface area contributed by atoms with Gasteiger partial charge in [0.25, 0.3) is 5.56 Å². The zero-order chi connectivity index (χ0) is 15.2. The molecule has 0 radical (unpaired) electrons. The molecule has 8 nitrogen and oxygen atoms in total. The van der Waals surface area contributed by atoms with Gasteiger partial charge in [0.05, 0.1) is 25.0 Å². The standard InChI is InChI=1S/C12H17BrN6O2/c1-18-8-15-17-10(18)3-4-14-9-7-16-19(5-6-21-2)12(20)11(9)13/h7-8,14H,3-6H2,1-2H3. The molecule has 9 heteroatoms. The Balaban J connectivity index is 1.99. The maximum atomic E-state index is 12.1. The first-order valence-corrected chi connectivity index (χ1v) is 7.24. The van der Waals surface area contributed by atoms with Crippen molar-refractivity contribution in [3.05, 3.63) is 33.2 Å². The molecule has 0 amide bonds. The minimum absolute atomic E-state index is 0.185. The van der Waals surface area contributed by atoms with E-state index in [2.05, 4.69) is 36.5 Å². The molecule has 2 aromatic rings. The molecule has 0 aliphatic heterocycles. The topological polar surface area (TPSA) is 86.9 Å². The number of nitrogens with zero attached hydrogens (tertiary/aromatic N) is 5. The number of rotatable bonds is 7. The first-order valence-electron chi connectivity index (χ1n) is 6.44. The van der Waals surface area contributed by atoms with Crippen molar-refractivity contribution in [3.8, 4) is 0 Å². The molecule has 0 bridgehead atoms. The molecular weight excluding hydrogens is 340 g/mol. The summed E-state index contributed by atoms with van der Waals surface area (Å²) in [7, 11) is 3.48. The average Bonchev–Trinajstić information content (AvgIpc) is 2.88. The number of aryl methyl sites for hydroxylation is 1. The first-order chi connectivity index (χ1) is 10.1. The van der Waals surface area contributed by atoms with Gasteiger partial charge in [-0.15, -0.1) is 10.2 Å². The van der Waals surface area contributed by atoms with Gasteiger partial charge in [0.15, 0.2) is 0 Å². The Morgan fingerprint density at radius 1 is 1.48 bits per heavy atom. The molecule has 21 heavy (non-hydrogen) atoms. The Morgan fingerprint density at radius 3 is 2.95 bits per heavy atom. The van der Waals surface area contributed by atoms with Crippen molar-refractivity contribution >= 4 is 21.6 Å². The van der Waals surface area contributed by atoms with Gasteiger partial charge in [0, 0.05) is 27.1 Å². The third-order valence-corrected chi connectivity index (χ3v) is 3.73. The summed E-state index contributed by atoms with van der Waals surface area (Å²) in [6.07, 6.45) is 3.98. The molecule has 114 valence electrons. The van der Waals surface area contributed by atoms with Crippen LogP contribution in [0.3, 0.4) is 0 Å². The molecule has 0 unspecified atom stereocenters. The lowest BCUT2D eigenvalue weighted by Gasteiger charge is -2.10. The zero-order valence-electron chi connectivity index (χ0n) is 11.9. The van der Waals surface area contributed by atoms with E-state index in [4.69, 9.17) is 4.74 Å². The van der Waals surface area contributed by atoms with Gasteiger partial charge < -0.3 is 14.6 Å². The average molecular weight is 357 g/mol. The lowest BCUT2D eigenvalue weighted by atomic mass is 10.3. The van der Waals surface area contributed by atoms with Gasteiger partial charge >= 0.3 is 0 Å². The number of ether oxygens (including phenoxy) is 1. The highest BCUT2D eigenvalue weighted by Gasteiger charge is 2.09. The third kappa shape index (κ3) is 3.88. The van der Waals surface area contributed by atoms with Crippen molar-refractivity contribution < 1.29 is 4.74 Å². The first kappa shape index (κ1) is 15.6. The monoisotopic (exact) mass is 356 g/mol. The van der Waals surface area contributed by atoms with Gasteiger partial charge in [-0.1, -0.05) is 0 Å². The summed E-state index contributed by atoms with van der Waals surface area (Å²) >= 11 is 3.31. The van der Waals surface area contributed by atoms with Crippen molar-refractivity contribution in [3.63, 3.8) is 0 Å². The highest BCUT2D eigenvalue weighted by atomic mass is 79.9. The molecule has 1 N–H and O–H groups in total. The second kappa shape index (κ2) is 7.32. The van der Waals surface area contributed by atoms with Crippen molar-refractivity contribution in [2.75, 3.05) is 25.6 Å². The van der Waals surface area contributed by atoms with Crippen LogP contribution in [0.15, 0.2) is 21.8 Å². The number of hydrogen-bond acceptors (Lipinski definition) is 6. The molecule has 2 aromatic heterocycles. The van der Waals surface area contributed by atoms with E-state index in [1.807, 2.05) is 11.6 Å². The molecule has 0 aliphatic carbocycles. The molecule has 0 saturated carbocycles.